The number of amides is 2. The highest BCUT2D eigenvalue weighted by atomic mass is 35.5. The quantitative estimate of drug-likeness (QED) is 0.684. The van der Waals surface area contributed by atoms with Crippen LogP contribution in [0.2, 0.25) is 5.02 Å². The van der Waals surface area contributed by atoms with Crippen LogP contribution >= 0.6 is 11.6 Å². The van der Waals surface area contributed by atoms with Crippen LogP contribution in [0.4, 0.5) is 18.0 Å². The summed E-state index contributed by atoms with van der Waals surface area (Å²) in [7, 11) is 0. The molecule has 158 valence electrons. The van der Waals surface area contributed by atoms with E-state index in [4.69, 9.17) is 21.1 Å². The minimum atomic E-state index is -4.50. The van der Waals surface area contributed by atoms with Gasteiger partial charge in [0.25, 0.3) is 5.91 Å². The molecule has 0 radical (unpaired) electrons. The first-order chi connectivity index (χ1) is 14.1. The number of cyclic esters (lactones) is 1. The average molecular weight is 440 g/mol. The van der Waals surface area contributed by atoms with Crippen molar-refractivity contribution in [3.63, 3.8) is 0 Å². The highest BCUT2D eigenvalue weighted by molar-refractivity contribution is 6.32. The van der Waals surface area contributed by atoms with Crippen molar-refractivity contribution in [1.29, 1.82) is 0 Å². The number of ether oxygens (including phenoxy) is 2. The molecule has 0 bridgehead atoms. The number of halogens is 4. The Morgan fingerprint density at radius 1 is 1.20 bits per heavy atom. The molecular weight excluding hydrogens is 423 g/mol. The van der Waals surface area contributed by atoms with Crippen LogP contribution in [0.3, 0.4) is 0 Å². The molecule has 30 heavy (non-hydrogen) atoms. The van der Waals surface area contributed by atoms with E-state index in [1.165, 1.54) is 13.0 Å². The molecule has 2 aliphatic rings. The molecule has 1 aliphatic carbocycles. The van der Waals surface area contributed by atoms with Gasteiger partial charge < -0.3 is 9.47 Å². The minimum absolute atomic E-state index is 0.00832. The molecule has 1 saturated heterocycles. The molecule has 2 aromatic rings. The molecule has 1 fully saturated rings. The van der Waals surface area contributed by atoms with Crippen molar-refractivity contribution in [1.82, 2.24) is 5.32 Å². The van der Waals surface area contributed by atoms with E-state index >= 15 is 0 Å². The normalized spacial score (nSPS) is 21.1. The molecule has 4 rings (SSSR count). The van der Waals surface area contributed by atoms with E-state index in [-0.39, 0.29) is 22.3 Å². The smallest absolute Gasteiger partial charge is 0.416 e. The number of alkyl halides is 3. The van der Waals surface area contributed by atoms with Crippen LogP contribution < -0.4 is 10.1 Å². The first-order valence-corrected chi connectivity index (χ1v) is 9.71. The van der Waals surface area contributed by atoms with E-state index in [1.54, 1.807) is 18.2 Å². The Hall–Kier alpha value is -2.74. The Labute approximate surface area is 175 Å². The van der Waals surface area contributed by atoms with E-state index in [0.717, 1.165) is 30.0 Å². The van der Waals surface area contributed by atoms with E-state index in [9.17, 15) is 22.8 Å². The van der Waals surface area contributed by atoms with E-state index in [0.29, 0.717) is 12.2 Å². The van der Waals surface area contributed by atoms with Crippen molar-refractivity contribution in [2.75, 3.05) is 0 Å². The predicted octanol–water partition coefficient (Wildman–Crippen LogP) is 5.51. The summed E-state index contributed by atoms with van der Waals surface area (Å²) in [6.07, 6.45) is -3.88. The minimum Gasteiger partial charge on any atom is -0.456 e. The average Bonchev–Trinajstić information content (AvgIpc) is 3.00. The van der Waals surface area contributed by atoms with Crippen LogP contribution in [0.5, 0.6) is 11.5 Å². The standard InChI is InChI=1S/C21H17ClF3NO4/c1-10-7-17(16(22)9-15(10)21(23,24)25)29-12-5-6-13-11(8-12)3-2-4-14(13)18-19(27)26-20(28)30-18/h5-9,14,18H,2-4H2,1H3,(H,26,27,28)/t14-,18?/m1/s1. The molecule has 5 nitrogen and oxygen atoms in total. The molecule has 2 atom stereocenters. The summed E-state index contributed by atoms with van der Waals surface area (Å²) in [5, 5.41) is 2.01. The maximum absolute atomic E-state index is 13.0. The second-order valence-corrected chi connectivity index (χ2v) is 7.78. The molecule has 0 spiro atoms. The number of alkyl carbamates (subject to hydrolysis) is 1. The lowest BCUT2D eigenvalue weighted by molar-refractivity contribution is -0.138. The van der Waals surface area contributed by atoms with Crippen molar-refractivity contribution in [3.05, 3.63) is 57.6 Å². The lowest BCUT2D eigenvalue weighted by atomic mass is 9.79. The van der Waals surface area contributed by atoms with Gasteiger partial charge in [-0.05, 0) is 67.1 Å². The Balaban J connectivity index is 1.60. The fourth-order valence-electron chi connectivity index (χ4n) is 4.01. The summed E-state index contributed by atoms with van der Waals surface area (Å²) in [4.78, 5) is 23.4. The van der Waals surface area contributed by atoms with Crippen molar-refractivity contribution < 1.29 is 32.2 Å². The Morgan fingerprint density at radius 2 is 1.97 bits per heavy atom. The summed E-state index contributed by atoms with van der Waals surface area (Å²) in [6.45, 7) is 1.34. The molecule has 1 N–H and O–H groups in total. The number of hydrogen-bond donors (Lipinski definition) is 1. The van der Waals surface area contributed by atoms with Crippen LogP contribution in [0.25, 0.3) is 0 Å². The first-order valence-electron chi connectivity index (χ1n) is 9.33. The molecule has 0 saturated carbocycles. The van der Waals surface area contributed by atoms with E-state index < -0.39 is 29.8 Å². The number of hydrogen-bond acceptors (Lipinski definition) is 4. The number of rotatable bonds is 3. The number of nitrogens with one attached hydrogen (secondary N) is 1. The van der Waals surface area contributed by atoms with Gasteiger partial charge in [-0.25, -0.2) is 4.79 Å². The van der Waals surface area contributed by atoms with Crippen molar-refractivity contribution >= 4 is 23.6 Å². The highest BCUT2D eigenvalue weighted by Crippen LogP contribution is 2.41. The fraction of sp³-hybridized carbons (Fsp3) is 0.333. The lowest BCUT2D eigenvalue weighted by Crippen LogP contribution is -2.31. The molecule has 2 amide bonds. The molecule has 1 heterocycles. The topological polar surface area (TPSA) is 64.6 Å². The van der Waals surface area contributed by atoms with Gasteiger partial charge in [0.15, 0.2) is 6.10 Å². The maximum Gasteiger partial charge on any atom is 0.416 e. The van der Waals surface area contributed by atoms with Gasteiger partial charge in [-0.15, -0.1) is 0 Å². The Kier molecular flexibility index (Phi) is 5.13. The van der Waals surface area contributed by atoms with Gasteiger partial charge in [0.2, 0.25) is 0 Å². The summed E-state index contributed by atoms with van der Waals surface area (Å²) >= 11 is 6.02. The zero-order valence-corrected chi connectivity index (χ0v) is 16.6. The zero-order chi connectivity index (χ0) is 21.6. The Bertz CT molecular complexity index is 1040. The number of imide groups is 1. The highest BCUT2D eigenvalue weighted by Gasteiger charge is 2.41. The number of carbonyl (C=O) groups is 2. The summed E-state index contributed by atoms with van der Waals surface area (Å²) < 4.78 is 50.0. The fourth-order valence-corrected chi connectivity index (χ4v) is 4.21. The number of carbonyl (C=O) groups excluding carboxylic acids is 2. The van der Waals surface area contributed by atoms with Gasteiger partial charge in [-0.2, -0.15) is 13.2 Å². The van der Waals surface area contributed by atoms with Gasteiger partial charge >= 0.3 is 12.3 Å². The summed E-state index contributed by atoms with van der Waals surface area (Å²) in [5.74, 6) is -0.168. The number of benzene rings is 2. The molecule has 1 unspecified atom stereocenters. The second-order valence-electron chi connectivity index (χ2n) is 7.37. The molecule has 2 aromatic carbocycles. The third-order valence-electron chi connectivity index (χ3n) is 5.37. The molecular formula is C21H17ClF3NO4. The monoisotopic (exact) mass is 439 g/mol. The van der Waals surface area contributed by atoms with Crippen molar-refractivity contribution in [3.8, 4) is 11.5 Å². The van der Waals surface area contributed by atoms with Gasteiger partial charge in [0.05, 0.1) is 10.6 Å². The maximum atomic E-state index is 13.0. The Morgan fingerprint density at radius 3 is 2.63 bits per heavy atom. The summed E-state index contributed by atoms with van der Waals surface area (Å²) in [5.41, 5.74) is 1.02. The predicted molar refractivity (Wildman–Crippen MR) is 102 cm³/mol. The van der Waals surface area contributed by atoms with Gasteiger partial charge in [0.1, 0.15) is 11.5 Å². The third kappa shape index (κ3) is 3.84. The van der Waals surface area contributed by atoms with Crippen LogP contribution in [0.15, 0.2) is 30.3 Å². The lowest BCUT2D eigenvalue weighted by Gasteiger charge is -2.28. The van der Waals surface area contributed by atoms with E-state index in [2.05, 4.69) is 5.32 Å². The first kappa shape index (κ1) is 20.5. The number of fused-ring (bicyclic) bond motifs is 1. The van der Waals surface area contributed by atoms with Gasteiger partial charge in [-0.1, -0.05) is 17.7 Å². The molecule has 9 heteroatoms. The van der Waals surface area contributed by atoms with Crippen LogP contribution in [-0.4, -0.2) is 18.1 Å². The summed E-state index contributed by atoms with van der Waals surface area (Å²) in [6, 6.07) is 7.34. The van der Waals surface area contributed by atoms with Crippen molar-refractivity contribution in [2.24, 2.45) is 0 Å². The zero-order valence-electron chi connectivity index (χ0n) is 15.8. The van der Waals surface area contributed by atoms with E-state index in [1.807, 2.05) is 0 Å². The molecule has 0 aromatic heterocycles. The van der Waals surface area contributed by atoms with Crippen LogP contribution in [0.1, 0.15) is 41.0 Å². The van der Waals surface area contributed by atoms with Gasteiger partial charge in [0, 0.05) is 5.92 Å². The van der Waals surface area contributed by atoms with Crippen LogP contribution in [-0.2, 0) is 22.1 Å². The van der Waals surface area contributed by atoms with Crippen LogP contribution in [0, 0.1) is 6.92 Å². The number of aryl methyl sites for hydroxylation is 2. The third-order valence-corrected chi connectivity index (χ3v) is 5.67. The van der Waals surface area contributed by atoms with Gasteiger partial charge in [-0.3, -0.25) is 10.1 Å². The largest absolute Gasteiger partial charge is 0.456 e. The second kappa shape index (κ2) is 7.50. The molecule has 1 aliphatic heterocycles. The van der Waals surface area contributed by atoms with Crippen molar-refractivity contribution in [2.45, 2.75) is 44.4 Å². The SMILES string of the molecule is Cc1cc(Oc2ccc3c(c2)CCC[C@H]3C2OC(=O)NC2=O)c(Cl)cc1C(F)(F)F.